The summed E-state index contributed by atoms with van der Waals surface area (Å²) >= 11 is 6.45. The van der Waals surface area contributed by atoms with Crippen LogP contribution in [0.15, 0.2) is 52.0 Å². The van der Waals surface area contributed by atoms with E-state index in [0.29, 0.717) is 26.4 Å². The molecular formula is C18H16N2O4S2. The van der Waals surface area contributed by atoms with E-state index in [0.717, 1.165) is 0 Å². The highest BCUT2D eigenvalue weighted by atomic mass is 32.2. The topological polar surface area (TPSA) is 71.8 Å². The average Bonchev–Trinajstić information content (AvgIpc) is 3.23. The molecule has 6 nitrogen and oxygen atoms in total. The van der Waals surface area contributed by atoms with Crippen molar-refractivity contribution in [1.82, 2.24) is 4.90 Å². The minimum absolute atomic E-state index is 0.145. The van der Waals surface area contributed by atoms with Crippen molar-refractivity contribution in [2.45, 2.75) is 6.42 Å². The molecule has 2 aromatic rings. The lowest BCUT2D eigenvalue weighted by Gasteiger charge is -2.14. The summed E-state index contributed by atoms with van der Waals surface area (Å²) in [6, 6.07) is 10.5. The largest absolute Gasteiger partial charge is 0.497 e. The van der Waals surface area contributed by atoms with Crippen LogP contribution in [0.5, 0.6) is 5.75 Å². The van der Waals surface area contributed by atoms with E-state index in [-0.39, 0.29) is 24.8 Å². The number of amides is 2. The van der Waals surface area contributed by atoms with Crippen LogP contribution in [0.25, 0.3) is 6.08 Å². The van der Waals surface area contributed by atoms with Crippen molar-refractivity contribution in [2.75, 3.05) is 19.0 Å². The van der Waals surface area contributed by atoms with Gasteiger partial charge in [-0.05, 0) is 36.4 Å². The first-order valence-electron chi connectivity index (χ1n) is 7.79. The number of hydrogen-bond donors (Lipinski definition) is 1. The van der Waals surface area contributed by atoms with Gasteiger partial charge < -0.3 is 14.5 Å². The first-order valence-corrected chi connectivity index (χ1v) is 9.02. The molecule has 8 heteroatoms. The third kappa shape index (κ3) is 4.33. The van der Waals surface area contributed by atoms with E-state index in [1.54, 1.807) is 49.6 Å². The predicted molar refractivity (Wildman–Crippen MR) is 105 cm³/mol. The monoisotopic (exact) mass is 388 g/mol. The molecule has 0 atom stereocenters. The number of rotatable bonds is 6. The molecule has 1 N–H and O–H groups in total. The summed E-state index contributed by atoms with van der Waals surface area (Å²) in [7, 11) is 1.58. The Kier molecular flexibility index (Phi) is 5.75. The van der Waals surface area contributed by atoms with Crippen molar-refractivity contribution in [1.29, 1.82) is 0 Å². The number of furan rings is 1. The van der Waals surface area contributed by atoms with Crippen molar-refractivity contribution >= 4 is 51.9 Å². The third-order valence-corrected chi connectivity index (χ3v) is 5.00. The summed E-state index contributed by atoms with van der Waals surface area (Å²) in [4.78, 5) is 26.5. The summed E-state index contributed by atoms with van der Waals surface area (Å²) in [6.45, 7) is 0.224. The van der Waals surface area contributed by atoms with Crippen LogP contribution in [0.3, 0.4) is 0 Å². The van der Waals surface area contributed by atoms with E-state index in [1.807, 2.05) is 0 Å². The maximum absolute atomic E-state index is 12.4. The fourth-order valence-corrected chi connectivity index (χ4v) is 3.60. The van der Waals surface area contributed by atoms with E-state index in [2.05, 4.69) is 5.32 Å². The van der Waals surface area contributed by atoms with Gasteiger partial charge in [0.15, 0.2) is 0 Å². The summed E-state index contributed by atoms with van der Waals surface area (Å²) in [6.07, 6.45) is 3.33. The quantitative estimate of drug-likeness (QED) is 0.603. The standard InChI is InChI=1S/C18H16N2O4S2/c1-23-13-6-4-12(5-7-13)19-16(21)8-9-20-17(22)15(26-18(20)25)11-14-3-2-10-24-14/h2-7,10-11H,8-9H2,1H3,(H,19,21)/b15-11-. The number of thiocarbonyl (C=S) groups is 1. The first-order chi connectivity index (χ1) is 12.6. The van der Waals surface area contributed by atoms with Gasteiger partial charge in [0.05, 0.1) is 18.3 Å². The molecule has 1 aromatic heterocycles. The molecule has 0 spiro atoms. The van der Waals surface area contributed by atoms with Gasteiger partial charge in [0.2, 0.25) is 5.91 Å². The van der Waals surface area contributed by atoms with Crippen LogP contribution in [-0.2, 0) is 9.59 Å². The molecule has 0 radical (unpaired) electrons. The van der Waals surface area contributed by atoms with Gasteiger partial charge in [0.1, 0.15) is 15.8 Å². The van der Waals surface area contributed by atoms with Crippen molar-refractivity contribution in [3.63, 3.8) is 0 Å². The number of thioether (sulfide) groups is 1. The molecule has 2 heterocycles. The molecule has 134 valence electrons. The lowest BCUT2D eigenvalue weighted by molar-refractivity contribution is -0.122. The average molecular weight is 388 g/mol. The Morgan fingerprint density at radius 2 is 2.12 bits per heavy atom. The Morgan fingerprint density at radius 3 is 2.77 bits per heavy atom. The Balaban J connectivity index is 1.56. The van der Waals surface area contributed by atoms with Gasteiger partial charge in [-0.15, -0.1) is 0 Å². The number of nitrogens with zero attached hydrogens (tertiary/aromatic N) is 1. The smallest absolute Gasteiger partial charge is 0.266 e. The first kappa shape index (κ1) is 18.2. The van der Waals surface area contributed by atoms with Crippen LogP contribution < -0.4 is 10.1 Å². The molecule has 3 rings (SSSR count). The van der Waals surface area contributed by atoms with Gasteiger partial charge in [0.25, 0.3) is 5.91 Å². The van der Waals surface area contributed by atoms with E-state index in [1.165, 1.54) is 22.9 Å². The predicted octanol–water partition coefficient (Wildman–Crippen LogP) is 3.52. The minimum atomic E-state index is -0.214. The molecule has 1 aromatic carbocycles. The molecule has 2 amide bonds. The second-order valence-electron chi connectivity index (χ2n) is 5.38. The van der Waals surface area contributed by atoms with Gasteiger partial charge in [-0.2, -0.15) is 0 Å². The molecular weight excluding hydrogens is 372 g/mol. The molecule has 0 saturated carbocycles. The van der Waals surface area contributed by atoms with E-state index >= 15 is 0 Å². The number of benzene rings is 1. The minimum Gasteiger partial charge on any atom is -0.497 e. The number of nitrogens with one attached hydrogen (secondary N) is 1. The van der Waals surface area contributed by atoms with Crippen molar-refractivity contribution in [2.24, 2.45) is 0 Å². The van der Waals surface area contributed by atoms with Gasteiger partial charge in [-0.25, -0.2) is 0 Å². The number of carbonyl (C=O) groups is 2. The van der Waals surface area contributed by atoms with Crippen LogP contribution in [0.2, 0.25) is 0 Å². The van der Waals surface area contributed by atoms with Crippen molar-refractivity contribution in [3.8, 4) is 5.75 Å². The summed E-state index contributed by atoms with van der Waals surface area (Å²) in [5, 5.41) is 2.78. The zero-order chi connectivity index (χ0) is 18.5. The molecule has 1 fully saturated rings. The van der Waals surface area contributed by atoms with Crippen LogP contribution in [0.1, 0.15) is 12.2 Å². The molecule has 1 saturated heterocycles. The van der Waals surface area contributed by atoms with Crippen LogP contribution in [0, 0.1) is 0 Å². The lowest BCUT2D eigenvalue weighted by atomic mass is 10.3. The Morgan fingerprint density at radius 1 is 1.35 bits per heavy atom. The van der Waals surface area contributed by atoms with E-state index < -0.39 is 0 Å². The summed E-state index contributed by atoms with van der Waals surface area (Å²) in [5.41, 5.74) is 0.666. The maximum atomic E-state index is 12.4. The zero-order valence-electron chi connectivity index (χ0n) is 13.9. The van der Waals surface area contributed by atoms with E-state index in [9.17, 15) is 9.59 Å². The number of methoxy groups -OCH3 is 1. The summed E-state index contributed by atoms with van der Waals surface area (Å²) in [5.74, 6) is 0.888. The second kappa shape index (κ2) is 8.20. The van der Waals surface area contributed by atoms with E-state index in [4.69, 9.17) is 21.4 Å². The Hall–Kier alpha value is -2.58. The van der Waals surface area contributed by atoms with Crippen LogP contribution >= 0.6 is 24.0 Å². The number of anilines is 1. The molecule has 0 aliphatic carbocycles. The third-order valence-electron chi connectivity index (χ3n) is 3.63. The maximum Gasteiger partial charge on any atom is 0.266 e. The number of carbonyl (C=O) groups excluding carboxylic acids is 2. The Labute approximate surface area is 160 Å². The van der Waals surface area contributed by atoms with Gasteiger partial charge in [-0.1, -0.05) is 24.0 Å². The molecule has 26 heavy (non-hydrogen) atoms. The van der Waals surface area contributed by atoms with Crippen LogP contribution in [0.4, 0.5) is 5.69 Å². The highest BCUT2D eigenvalue weighted by Crippen LogP contribution is 2.32. The fraction of sp³-hybridized carbons (Fsp3) is 0.167. The number of ether oxygens (including phenoxy) is 1. The Bertz CT molecular complexity index is 845. The van der Waals surface area contributed by atoms with Crippen LogP contribution in [-0.4, -0.2) is 34.7 Å². The zero-order valence-corrected chi connectivity index (χ0v) is 15.6. The summed E-state index contributed by atoms with van der Waals surface area (Å²) < 4.78 is 10.7. The molecule has 0 bridgehead atoms. The molecule has 1 aliphatic heterocycles. The normalized spacial score (nSPS) is 15.6. The lowest BCUT2D eigenvalue weighted by Crippen LogP contribution is -2.31. The molecule has 0 unspecified atom stereocenters. The number of hydrogen-bond acceptors (Lipinski definition) is 6. The SMILES string of the molecule is COc1ccc(NC(=O)CCN2C(=O)/C(=C/c3ccco3)SC2=S)cc1. The van der Waals surface area contributed by atoms with Crippen molar-refractivity contribution < 1.29 is 18.7 Å². The highest BCUT2D eigenvalue weighted by molar-refractivity contribution is 8.26. The van der Waals surface area contributed by atoms with Gasteiger partial charge in [0, 0.05) is 24.7 Å². The highest BCUT2D eigenvalue weighted by Gasteiger charge is 2.32. The molecule has 1 aliphatic rings. The van der Waals surface area contributed by atoms with Crippen molar-refractivity contribution in [3.05, 3.63) is 53.3 Å². The van der Waals surface area contributed by atoms with Gasteiger partial charge >= 0.3 is 0 Å². The van der Waals surface area contributed by atoms with Gasteiger partial charge in [-0.3, -0.25) is 14.5 Å². The second-order valence-corrected chi connectivity index (χ2v) is 7.05. The fourth-order valence-electron chi connectivity index (χ4n) is 2.31.